The third-order valence-corrected chi connectivity index (χ3v) is 4.59. The standard InChI is InChI=1S/C18H20N4O2/c23-14-3-1-13(2-4-14)20-18-19-9-7-17(21-18)22-10-8-12-11-15(24)5-6-16(12)22/h5-11,13-14,23-24H,1-4H2,(H,19,20,21)/t13-,14-. The Morgan fingerprint density at radius 1 is 1.08 bits per heavy atom. The second kappa shape index (κ2) is 6.13. The Morgan fingerprint density at radius 2 is 1.92 bits per heavy atom. The number of aromatic nitrogens is 3. The number of aliphatic hydroxyl groups excluding tert-OH is 1. The Kier molecular flexibility index (Phi) is 3.82. The summed E-state index contributed by atoms with van der Waals surface area (Å²) in [6.45, 7) is 0. The normalized spacial score (nSPS) is 21.0. The smallest absolute Gasteiger partial charge is 0.224 e. The van der Waals surface area contributed by atoms with Crippen LogP contribution in [0, 0.1) is 0 Å². The van der Waals surface area contributed by atoms with E-state index in [-0.39, 0.29) is 11.9 Å². The van der Waals surface area contributed by atoms with Gasteiger partial charge in [0.05, 0.1) is 11.6 Å². The van der Waals surface area contributed by atoms with E-state index in [1.807, 2.05) is 29.0 Å². The van der Waals surface area contributed by atoms with Gasteiger partial charge in [0, 0.05) is 23.8 Å². The Labute approximate surface area is 139 Å². The lowest BCUT2D eigenvalue weighted by molar-refractivity contribution is 0.126. The predicted octanol–water partition coefficient (Wildman–Crippen LogP) is 2.84. The Bertz CT molecular complexity index is 853. The van der Waals surface area contributed by atoms with E-state index in [1.165, 1.54) is 0 Å². The van der Waals surface area contributed by atoms with Crippen LogP contribution in [0.1, 0.15) is 25.7 Å². The number of aliphatic hydroxyl groups is 1. The molecule has 0 atom stereocenters. The number of hydrogen-bond acceptors (Lipinski definition) is 5. The fourth-order valence-corrected chi connectivity index (χ4v) is 3.29. The molecule has 0 saturated heterocycles. The number of nitrogens with one attached hydrogen (secondary N) is 1. The van der Waals surface area contributed by atoms with Crippen LogP contribution in [0.15, 0.2) is 42.7 Å². The maximum absolute atomic E-state index is 9.60. The molecule has 0 amide bonds. The van der Waals surface area contributed by atoms with Crippen LogP contribution in [0.2, 0.25) is 0 Å². The highest BCUT2D eigenvalue weighted by Gasteiger charge is 2.20. The van der Waals surface area contributed by atoms with Gasteiger partial charge in [0.2, 0.25) is 5.95 Å². The van der Waals surface area contributed by atoms with Gasteiger partial charge < -0.3 is 20.1 Å². The molecule has 0 bridgehead atoms. The zero-order chi connectivity index (χ0) is 16.5. The summed E-state index contributed by atoms with van der Waals surface area (Å²) in [6.07, 6.45) is 7.02. The first kappa shape index (κ1) is 15.0. The van der Waals surface area contributed by atoms with Gasteiger partial charge in [0.25, 0.3) is 0 Å². The molecule has 1 aliphatic rings. The van der Waals surface area contributed by atoms with Gasteiger partial charge >= 0.3 is 0 Å². The molecule has 124 valence electrons. The number of phenols is 1. The van der Waals surface area contributed by atoms with Crippen LogP contribution >= 0.6 is 0 Å². The van der Waals surface area contributed by atoms with Crippen molar-refractivity contribution >= 4 is 16.9 Å². The van der Waals surface area contributed by atoms with Crippen LogP contribution in [0.4, 0.5) is 5.95 Å². The molecule has 6 nitrogen and oxygen atoms in total. The summed E-state index contributed by atoms with van der Waals surface area (Å²) in [5, 5.41) is 23.5. The number of aromatic hydroxyl groups is 1. The molecule has 0 spiro atoms. The summed E-state index contributed by atoms with van der Waals surface area (Å²) < 4.78 is 1.98. The zero-order valence-corrected chi connectivity index (χ0v) is 13.3. The van der Waals surface area contributed by atoms with Crippen molar-refractivity contribution in [2.75, 3.05) is 5.32 Å². The third-order valence-electron chi connectivity index (χ3n) is 4.59. The number of fused-ring (bicyclic) bond motifs is 1. The Hall–Kier alpha value is -2.60. The summed E-state index contributed by atoms with van der Waals surface area (Å²) in [7, 11) is 0. The Morgan fingerprint density at radius 3 is 2.75 bits per heavy atom. The summed E-state index contributed by atoms with van der Waals surface area (Å²) in [6, 6.07) is 9.41. The first-order valence-electron chi connectivity index (χ1n) is 8.27. The quantitative estimate of drug-likeness (QED) is 0.690. The topological polar surface area (TPSA) is 83.2 Å². The van der Waals surface area contributed by atoms with Crippen LogP contribution in [0.25, 0.3) is 16.7 Å². The van der Waals surface area contributed by atoms with Crippen LogP contribution in [-0.2, 0) is 0 Å². The minimum atomic E-state index is -0.169. The van der Waals surface area contributed by atoms with Crippen molar-refractivity contribution in [3.05, 3.63) is 42.7 Å². The molecule has 0 aliphatic heterocycles. The summed E-state index contributed by atoms with van der Waals surface area (Å²) in [4.78, 5) is 8.94. The first-order valence-corrected chi connectivity index (χ1v) is 8.27. The number of anilines is 1. The van der Waals surface area contributed by atoms with Crippen molar-refractivity contribution in [2.45, 2.75) is 37.8 Å². The molecule has 24 heavy (non-hydrogen) atoms. The summed E-state index contributed by atoms with van der Waals surface area (Å²) in [5.41, 5.74) is 0.984. The molecule has 1 fully saturated rings. The van der Waals surface area contributed by atoms with E-state index in [2.05, 4.69) is 15.3 Å². The van der Waals surface area contributed by atoms with Crippen LogP contribution < -0.4 is 5.32 Å². The van der Waals surface area contributed by atoms with Crippen molar-refractivity contribution in [3.8, 4) is 11.6 Å². The van der Waals surface area contributed by atoms with Crippen molar-refractivity contribution in [1.29, 1.82) is 0 Å². The molecule has 1 aromatic carbocycles. The van der Waals surface area contributed by atoms with Gasteiger partial charge in [0.1, 0.15) is 11.6 Å². The molecule has 2 aromatic heterocycles. The highest BCUT2D eigenvalue weighted by atomic mass is 16.3. The van der Waals surface area contributed by atoms with Crippen molar-refractivity contribution in [3.63, 3.8) is 0 Å². The van der Waals surface area contributed by atoms with Gasteiger partial charge in [0.15, 0.2) is 0 Å². The number of rotatable bonds is 3. The van der Waals surface area contributed by atoms with Gasteiger partial charge in [-0.05, 0) is 56.0 Å². The van der Waals surface area contributed by atoms with Gasteiger partial charge in [-0.3, -0.25) is 0 Å². The Balaban J connectivity index is 1.60. The number of phenolic OH excluding ortho intramolecular Hbond substituents is 1. The maximum Gasteiger partial charge on any atom is 0.224 e. The molecule has 6 heteroatoms. The number of benzene rings is 1. The number of hydrogen-bond donors (Lipinski definition) is 3. The molecule has 1 aliphatic carbocycles. The predicted molar refractivity (Wildman–Crippen MR) is 92.4 cm³/mol. The van der Waals surface area contributed by atoms with E-state index in [4.69, 9.17) is 0 Å². The lowest BCUT2D eigenvalue weighted by Crippen LogP contribution is -2.29. The van der Waals surface area contributed by atoms with Gasteiger partial charge in [-0.15, -0.1) is 0 Å². The van der Waals surface area contributed by atoms with E-state index in [0.29, 0.717) is 12.0 Å². The van der Waals surface area contributed by atoms with Crippen molar-refractivity contribution in [1.82, 2.24) is 14.5 Å². The number of nitrogens with zero attached hydrogens (tertiary/aromatic N) is 3. The maximum atomic E-state index is 9.60. The second-order valence-corrected chi connectivity index (χ2v) is 6.32. The third kappa shape index (κ3) is 2.92. The highest BCUT2D eigenvalue weighted by Crippen LogP contribution is 2.24. The molecular formula is C18H20N4O2. The van der Waals surface area contributed by atoms with Crippen LogP contribution in [0.3, 0.4) is 0 Å². The SMILES string of the molecule is Oc1ccc2c(ccn2-c2ccnc(N[C@H]3CC[C@H](O)CC3)n2)c1. The lowest BCUT2D eigenvalue weighted by Gasteiger charge is -2.26. The second-order valence-electron chi connectivity index (χ2n) is 6.32. The monoisotopic (exact) mass is 324 g/mol. The average molecular weight is 324 g/mol. The fraction of sp³-hybridized carbons (Fsp3) is 0.333. The molecule has 1 saturated carbocycles. The van der Waals surface area contributed by atoms with E-state index in [9.17, 15) is 10.2 Å². The van der Waals surface area contributed by atoms with Gasteiger partial charge in [-0.1, -0.05) is 0 Å². The van der Waals surface area contributed by atoms with E-state index in [0.717, 1.165) is 42.4 Å². The molecule has 0 radical (unpaired) electrons. The van der Waals surface area contributed by atoms with E-state index < -0.39 is 0 Å². The summed E-state index contributed by atoms with van der Waals surface area (Å²) >= 11 is 0. The van der Waals surface area contributed by atoms with E-state index >= 15 is 0 Å². The van der Waals surface area contributed by atoms with Crippen LogP contribution in [0.5, 0.6) is 5.75 Å². The summed E-state index contributed by atoms with van der Waals surface area (Å²) in [5.74, 6) is 1.64. The molecule has 3 N–H and O–H groups in total. The molecule has 2 heterocycles. The molecular weight excluding hydrogens is 304 g/mol. The molecule has 3 aromatic rings. The zero-order valence-electron chi connectivity index (χ0n) is 13.3. The fourth-order valence-electron chi connectivity index (χ4n) is 3.29. The highest BCUT2D eigenvalue weighted by molar-refractivity contribution is 5.83. The molecule has 0 unspecified atom stereocenters. The van der Waals surface area contributed by atoms with Crippen molar-refractivity contribution in [2.24, 2.45) is 0 Å². The minimum absolute atomic E-state index is 0.169. The molecule has 4 rings (SSSR count). The van der Waals surface area contributed by atoms with Crippen molar-refractivity contribution < 1.29 is 10.2 Å². The van der Waals surface area contributed by atoms with E-state index in [1.54, 1.807) is 18.3 Å². The largest absolute Gasteiger partial charge is 0.508 e. The van der Waals surface area contributed by atoms with Crippen LogP contribution in [-0.4, -0.2) is 36.9 Å². The minimum Gasteiger partial charge on any atom is -0.508 e. The average Bonchev–Trinajstić information content (AvgIpc) is 3.00. The first-order chi connectivity index (χ1) is 11.7. The van der Waals surface area contributed by atoms with Gasteiger partial charge in [-0.2, -0.15) is 4.98 Å². The lowest BCUT2D eigenvalue weighted by atomic mass is 9.93. The van der Waals surface area contributed by atoms with Gasteiger partial charge in [-0.25, -0.2) is 4.98 Å².